The van der Waals surface area contributed by atoms with Gasteiger partial charge in [-0.1, -0.05) is 6.92 Å². The normalized spacial score (nSPS) is 20.4. The van der Waals surface area contributed by atoms with Crippen molar-refractivity contribution < 1.29 is 9.47 Å². The lowest BCUT2D eigenvalue weighted by Crippen LogP contribution is -2.51. The quantitative estimate of drug-likeness (QED) is 0.594. The van der Waals surface area contributed by atoms with Gasteiger partial charge in [-0.05, 0) is 6.42 Å². The van der Waals surface area contributed by atoms with Gasteiger partial charge < -0.3 is 9.47 Å². The molecule has 2 rings (SSSR count). The molecule has 6 nitrogen and oxygen atoms in total. The van der Waals surface area contributed by atoms with E-state index in [2.05, 4.69) is 17.4 Å². The van der Waals surface area contributed by atoms with Crippen LogP contribution in [0.15, 0.2) is 12.4 Å². The minimum Gasteiger partial charge on any atom is -0.381 e. The van der Waals surface area contributed by atoms with Gasteiger partial charge in [-0.3, -0.25) is 10.5 Å². The first-order valence-corrected chi connectivity index (χ1v) is 6.87. The zero-order chi connectivity index (χ0) is 13.7. The summed E-state index contributed by atoms with van der Waals surface area (Å²) in [5.41, 5.74) is 3.66. The predicted octanol–water partition coefficient (Wildman–Crippen LogP) is 0.993. The van der Waals surface area contributed by atoms with Gasteiger partial charge in [-0.15, -0.1) is 0 Å². The number of ether oxygens (including phenoxy) is 2. The lowest BCUT2D eigenvalue weighted by Gasteiger charge is -2.41. The average Bonchev–Trinajstić information content (AvgIpc) is 2.89. The second-order valence-electron chi connectivity index (χ2n) is 5.02. The van der Waals surface area contributed by atoms with Crippen LogP contribution in [0, 0.1) is 0 Å². The Morgan fingerprint density at radius 2 is 2.32 bits per heavy atom. The van der Waals surface area contributed by atoms with Crippen LogP contribution in [0.2, 0.25) is 0 Å². The van der Waals surface area contributed by atoms with Gasteiger partial charge in [0.25, 0.3) is 0 Å². The van der Waals surface area contributed by atoms with E-state index in [1.807, 2.05) is 17.1 Å². The van der Waals surface area contributed by atoms with Crippen LogP contribution in [0.3, 0.4) is 0 Å². The van der Waals surface area contributed by atoms with Gasteiger partial charge in [0.1, 0.15) is 0 Å². The van der Waals surface area contributed by atoms with Crippen molar-refractivity contribution >= 4 is 0 Å². The van der Waals surface area contributed by atoms with Crippen LogP contribution in [0.4, 0.5) is 0 Å². The first-order chi connectivity index (χ1) is 9.25. The Bertz CT molecular complexity index is 388. The van der Waals surface area contributed by atoms with E-state index in [1.54, 1.807) is 7.11 Å². The third-order valence-corrected chi connectivity index (χ3v) is 3.88. The number of nitrogens with one attached hydrogen (secondary N) is 1. The van der Waals surface area contributed by atoms with E-state index in [1.165, 1.54) is 0 Å². The molecule has 0 radical (unpaired) electrons. The highest BCUT2D eigenvalue weighted by Gasteiger charge is 2.41. The molecule has 1 fully saturated rings. The lowest BCUT2D eigenvalue weighted by molar-refractivity contribution is -0.111. The molecule has 19 heavy (non-hydrogen) atoms. The van der Waals surface area contributed by atoms with Crippen molar-refractivity contribution in [2.24, 2.45) is 5.84 Å². The van der Waals surface area contributed by atoms with Gasteiger partial charge in [0.05, 0.1) is 17.8 Å². The molecule has 1 atom stereocenters. The summed E-state index contributed by atoms with van der Waals surface area (Å²) in [6.45, 7) is 4.46. The van der Waals surface area contributed by atoms with E-state index in [4.69, 9.17) is 15.3 Å². The predicted molar refractivity (Wildman–Crippen MR) is 72.4 cm³/mol. The maximum atomic E-state index is 5.80. The number of hydrogen-bond donors (Lipinski definition) is 2. The number of rotatable bonds is 6. The minimum absolute atomic E-state index is 0.0630. The van der Waals surface area contributed by atoms with Crippen LogP contribution >= 0.6 is 0 Å². The van der Waals surface area contributed by atoms with Crippen molar-refractivity contribution in [3.63, 3.8) is 0 Å². The number of nitrogens with two attached hydrogens (primary N) is 1. The third-order valence-electron chi connectivity index (χ3n) is 3.88. The van der Waals surface area contributed by atoms with Crippen LogP contribution in [0.5, 0.6) is 0 Å². The summed E-state index contributed by atoms with van der Waals surface area (Å²) in [5, 5.41) is 4.37. The van der Waals surface area contributed by atoms with Gasteiger partial charge in [0.15, 0.2) is 0 Å². The summed E-state index contributed by atoms with van der Waals surface area (Å²) >= 11 is 0. The molecule has 0 spiro atoms. The van der Waals surface area contributed by atoms with Crippen LogP contribution in [0.25, 0.3) is 0 Å². The molecular weight excluding hydrogens is 244 g/mol. The molecule has 0 amide bonds. The minimum atomic E-state index is -0.312. The largest absolute Gasteiger partial charge is 0.381 e. The molecule has 108 valence electrons. The fourth-order valence-electron chi connectivity index (χ4n) is 2.76. The molecule has 0 bridgehead atoms. The summed E-state index contributed by atoms with van der Waals surface area (Å²) in [5.74, 6) is 5.77. The van der Waals surface area contributed by atoms with E-state index in [0.29, 0.717) is 13.2 Å². The number of hydrazine groups is 1. The Morgan fingerprint density at radius 3 is 2.89 bits per heavy atom. The lowest BCUT2D eigenvalue weighted by atomic mass is 9.83. The van der Waals surface area contributed by atoms with Gasteiger partial charge in [-0.25, -0.2) is 5.43 Å². The third kappa shape index (κ3) is 2.97. The summed E-state index contributed by atoms with van der Waals surface area (Å²) in [7, 11) is 1.74. The van der Waals surface area contributed by atoms with Crippen LogP contribution < -0.4 is 11.3 Å². The van der Waals surface area contributed by atoms with Crippen molar-refractivity contribution in [3.8, 4) is 0 Å². The van der Waals surface area contributed by atoms with Gasteiger partial charge in [0.2, 0.25) is 0 Å². The van der Waals surface area contributed by atoms with Crippen LogP contribution in [-0.4, -0.2) is 35.7 Å². The molecule has 1 aromatic heterocycles. The van der Waals surface area contributed by atoms with Crippen molar-refractivity contribution in [2.75, 3.05) is 20.3 Å². The Labute approximate surface area is 114 Å². The molecule has 2 heterocycles. The Morgan fingerprint density at radius 1 is 1.58 bits per heavy atom. The van der Waals surface area contributed by atoms with Gasteiger partial charge in [-0.2, -0.15) is 5.10 Å². The van der Waals surface area contributed by atoms with E-state index in [0.717, 1.165) is 31.4 Å². The van der Waals surface area contributed by atoms with Crippen molar-refractivity contribution in [2.45, 2.75) is 44.4 Å². The number of nitrogens with zero attached hydrogens (tertiary/aromatic N) is 2. The second kappa shape index (κ2) is 6.47. The number of aromatic nitrogens is 2. The highest BCUT2D eigenvalue weighted by molar-refractivity contribution is 5.16. The zero-order valence-electron chi connectivity index (χ0n) is 11.8. The van der Waals surface area contributed by atoms with E-state index >= 15 is 0 Å². The first-order valence-electron chi connectivity index (χ1n) is 6.87. The Kier molecular flexibility index (Phi) is 4.93. The van der Waals surface area contributed by atoms with Gasteiger partial charge >= 0.3 is 0 Å². The molecule has 1 aliphatic heterocycles. The smallest absolute Gasteiger partial charge is 0.0930 e. The topological polar surface area (TPSA) is 74.3 Å². The molecule has 1 saturated heterocycles. The van der Waals surface area contributed by atoms with Crippen LogP contribution in [0.1, 0.15) is 37.8 Å². The van der Waals surface area contributed by atoms with E-state index in [-0.39, 0.29) is 11.6 Å². The maximum Gasteiger partial charge on any atom is 0.0930 e. The fraction of sp³-hybridized carbons (Fsp3) is 0.769. The number of methoxy groups -OCH3 is 1. The van der Waals surface area contributed by atoms with Crippen molar-refractivity contribution in [1.29, 1.82) is 0 Å². The van der Waals surface area contributed by atoms with Gasteiger partial charge in [0, 0.05) is 51.5 Å². The molecule has 0 aliphatic carbocycles. The summed E-state index contributed by atoms with van der Waals surface area (Å²) < 4.78 is 13.2. The average molecular weight is 268 g/mol. The Balaban J connectivity index is 2.20. The molecule has 1 aromatic rings. The van der Waals surface area contributed by atoms with Crippen molar-refractivity contribution in [3.05, 3.63) is 18.0 Å². The second-order valence-corrected chi connectivity index (χ2v) is 5.02. The molecule has 1 unspecified atom stereocenters. The number of hydrogen-bond acceptors (Lipinski definition) is 5. The Hall–Kier alpha value is -0.950. The highest BCUT2D eigenvalue weighted by atomic mass is 16.5. The maximum absolute atomic E-state index is 5.80. The monoisotopic (exact) mass is 268 g/mol. The summed E-state index contributed by atoms with van der Waals surface area (Å²) in [6, 6.07) is -0.0630. The standard InChI is InChI=1S/C13H24N4O2/c1-3-6-17-10-11(9-15-17)12(16-14)13(18-2)4-7-19-8-5-13/h9-10,12,16H,3-8,14H2,1-2H3. The zero-order valence-corrected chi connectivity index (χ0v) is 11.8. The van der Waals surface area contributed by atoms with Crippen LogP contribution in [-0.2, 0) is 16.0 Å². The molecule has 6 heteroatoms. The molecule has 3 N–H and O–H groups in total. The molecule has 0 aromatic carbocycles. The van der Waals surface area contributed by atoms with Crippen molar-refractivity contribution in [1.82, 2.24) is 15.2 Å². The van der Waals surface area contributed by atoms with E-state index < -0.39 is 0 Å². The fourth-order valence-corrected chi connectivity index (χ4v) is 2.76. The number of aryl methyl sites for hydroxylation is 1. The molecule has 0 saturated carbocycles. The molecular formula is C13H24N4O2. The summed E-state index contributed by atoms with van der Waals surface area (Å²) in [6.07, 6.45) is 6.64. The first kappa shape index (κ1) is 14.5. The van der Waals surface area contributed by atoms with E-state index in [9.17, 15) is 0 Å². The highest BCUT2D eigenvalue weighted by Crippen LogP contribution is 2.36. The summed E-state index contributed by atoms with van der Waals surface area (Å²) in [4.78, 5) is 0. The SMILES string of the molecule is CCCn1cc(C(NN)C2(OC)CCOCC2)cn1. The molecule has 1 aliphatic rings.